The molecule has 1 aliphatic rings. The number of hydrogen-bond donors (Lipinski definition) is 0. The first kappa shape index (κ1) is 44.6. The summed E-state index contributed by atoms with van der Waals surface area (Å²) < 4.78 is 0. The van der Waals surface area contributed by atoms with E-state index >= 15 is 0 Å². The van der Waals surface area contributed by atoms with E-state index in [1.165, 1.54) is 109 Å². The van der Waals surface area contributed by atoms with Crippen molar-refractivity contribution in [1.29, 1.82) is 0 Å². The van der Waals surface area contributed by atoms with Crippen LogP contribution >= 0.6 is 0 Å². The van der Waals surface area contributed by atoms with Gasteiger partial charge >= 0.3 is 0 Å². The van der Waals surface area contributed by atoms with Crippen LogP contribution in [0.1, 0.15) is 103 Å². The van der Waals surface area contributed by atoms with Crippen molar-refractivity contribution in [2.75, 3.05) is 9.80 Å². The van der Waals surface area contributed by atoms with Crippen LogP contribution in [-0.4, -0.2) is 0 Å². The van der Waals surface area contributed by atoms with E-state index in [0.29, 0.717) is 0 Å². The Bertz CT molecular complexity index is 2650. The lowest BCUT2D eigenvalue weighted by Gasteiger charge is -2.39. The van der Waals surface area contributed by atoms with Gasteiger partial charge in [0, 0.05) is 39.5 Å². The van der Waals surface area contributed by atoms with Crippen molar-refractivity contribution in [3.8, 4) is 22.3 Å². The SMILES string of the molecule is CCCc1ccc(-c2ccc(N(c3ccc(C)cc3)c3ccc(C4(c5ccc(N(c6ccc(C)cc6)c6ccc(-c7ccc(CCC)cc7)c(C)c6)cc5)CCCCC4)cc3)cc2C)cc1. The predicted octanol–water partition coefficient (Wildman–Crippen LogP) is 18.3. The summed E-state index contributed by atoms with van der Waals surface area (Å²) >= 11 is 0. The Labute approximate surface area is 395 Å². The summed E-state index contributed by atoms with van der Waals surface area (Å²) in [5.74, 6) is 0. The number of anilines is 6. The Morgan fingerprint density at radius 2 is 0.697 bits per heavy atom. The van der Waals surface area contributed by atoms with E-state index in [0.717, 1.165) is 49.9 Å². The van der Waals surface area contributed by atoms with Crippen LogP contribution in [0.5, 0.6) is 0 Å². The van der Waals surface area contributed by atoms with Crippen LogP contribution in [-0.2, 0) is 18.3 Å². The normalized spacial score (nSPS) is 13.4. The van der Waals surface area contributed by atoms with Crippen LogP contribution in [0.25, 0.3) is 22.3 Å². The van der Waals surface area contributed by atoms with Crippen molar-refractivity contribution in [1.82, 2.24) is 0 Å². The lowest BCUT2D eigenvalue weighted by molar-refractivity contribution is 0.346. The highest BCUT2D eigenvalue weighted by molar-refractivity contribution is 5.82. The zero-order chi connectivity index (χ0) is 45.6. The molecule has 0 bridgehead atoms. The van der Waals surface area contributed by atoms with Gasteiger partial charge in [0.25, 0.3) is 0 Å². The molecule has 0 aromatic heterocycles. The molecule has 2 nitrogen and oxygen atoms in total. The molecule has 8 aromatic carbocycles. The summed E-state index contributed by atoms with van der Waals surface area (Å²) in [5.41, 5.74) is 22.7. The summed E-state index contributed by atoms with van der Waals surface area (Å²) in [6, 6.07) is 69.2. The molecule has 8 aromatic rings. The fourth-order valence-corrected chi connectivity index (χ4v) is 10.5. The average Bonchev–Trinajstić information content (AvgIpc) is 3.35. The highest BCUT2D eigenvalue weighted by atomic mass is 15.1. The van der Waals surface area contributed by atoms with Crippen molar-refractivity contribution in [3.05, 3.63) is 226 Å². The van der Waals surface area contributed by atoms with E-state index in [1.807, 2.05) is 0 Å². The van der Waals surface area contributed by atoms with Gasteiger partial charge in [0.15, 0.2) is 0 Å². The van der Waals surface area contributed by atoms with Crippen molar-refractivity contribution >= 4 is 34.1 Å². The molecule has 0 amide bonds. The van der Waals surface area contributed by atoms with E-state index in [1.54, 1.807) is 0 Å². The minimum Gasteiger partial charge on any atom is -0.310 e. The van der Waals surface area contributed by atoms with Crippen LogP contribution in [0, 0.1) is 27.7 Å². The van der Waals surface area contributed by atoms with E-state index in [9.17, 15) is 0 Å². The predicted molar refractivity (Wildman–Crippen MR) is 284 cm³/mol. The molecule has 1 saturated carbocycles. The van der Waals surface area contributed by atoms with Gasteiger partial charge in [-0.05, 0) is 182 Å². The number of aryl methyl sites for hydroxylation is 6. The van der Waals surface area contributed by atoms with Crippen LogP contribution in [0.4, 0.5) is 34.1 Å². The van der Waals surface area contributed by atoms with Gasteiger partial charge in [-0.2, -0.15) is 0 Å². The highest BCUT2D eigenvalue weighted by Gasteiger charge is 2.36. The molecule has 0 spiro atoms. The third-order valence-electron chi connectivity index (χ3n) is 14.2. The van der Waals surface area contributed by atoms with E-state index < -0.39 is 0 Å². The standard InChI is InChI=1S/C64H66N2/c1-7-12-50-18-22-52(23-19-50)62-40-38-60(44-48(62)5)65(56-30-14-46(3)15-31-56)58-34-26-54(27-35-58)64(42-10-9-11-43-64)55-28-36-59(37-29-55)66(57-32-16-47(4)17-33-57)61-39-41-63(49(6)45-61)53-24-20-51(13-8-2)21-25-53/h14-41,44-45H,7-13,42-43H2,1-6H3. The molecular formula is C64H66N2. The summed E-state index contributed by atoms with van der Waals surface area (Å²) in [6.45, 7) is 13.3. The Morgan fingerprint density at radius 3 is 1.03 bits per heavy atom. The van der Waals surface area contributed by atoms with E-state index in [-0.39, 0.29) is 5.41 Å². The third kappa shape index (κ3) is 9.38. The Hall–Kier alpha value is -6.64. The average molecular weight is 863 g/mol. The minimum atomic E-state index is -0.0471. The van der Waals surface area contributed by atoms with Gasteiger partial charge in [-0.25, -0.2) is 0 Å². The molecule has 0 atom stereocenters. The zero-order valence-corrected chi connectivity index (χ0v) is 40.1. The lowest BCUT2D eigenvalue weighted by atomic mass is 9.65. The molecule has 332 valence electrons. The van der Waals surface area contributed by atoms with Gasteiger partial charge < -0.3 is 9.80 Å². The van der Waals surface area contributed by atoms with Gasteiger partial charge in [0.05, 0.1) is 0 Å². The van der Waals surface area contributed by atoms with Gasteiger partial charge in [-0.1, -0.05) is 166 Å². The molecule has 2 heteroatoms. The van der Waals surface area contributed by atoms with Gasteiger partial charge in [0.1, 0.15) is 0 Å². The molecule has 1 aliphatic carbocycles. The smallest absolute Gasteiger partial charge is 0.0464 e. The lowest BCUT2D eigenvalue weighted by Crippen LogP contribution is -2.30. The second-order valence-electron chi connectivity index (χ2n) is 19.0. The molecule has 0 unspecified atom stereocenters. The number of nitrogens with zero attached hydrogens (tertiary/aromatic N) is 2. The molecule has 66 heavy (non-hydrogen) atoms. The third-order valence-corrected chi connectivity index (χ3v) is 14.2. The fraction of sp³-hybridized carbons (Fsp3) is 0.250. The van der Waals surface area contributed by atoms with Crippen LogP contribution < -0.4 is 9.80 Å². The number of benzene rings is 8. The first-order valence-corrected chi connectivity index (χ1v) is 24.6. The Kier molecular flexibility index (Phi) is 13.4. The van der Waals surface area contributed by atoms with Crippen molar-refractivity contribution in [2.45, 2.75) is 105 Å². The van der Waals surface area contributed by atoms with Crippen LogP contribution in [0.2, 0.25) is 0 Å². The van der Waals surface area contributed by atoms with Gasteiger partial charge in [-0.15, -0.1) is 0 Å². The molecule has 0 N–H and O–H groups in total. The maximum absolute atomic E-state index is 2.43. The second kappa shape index (κ2) is 19.8. The largest absolute Gasteiger partial charge is 0.310 e. The molecule has 0 saturated heterocycles. The molecule has 9 rings (SSSR count). The first-order valence-electron chi connectivity index (χ1n) is 24.6. The molecular weight excluding hydrogens is 797 g/mol. The van der Waals surface area contributed by atoms with Crippen molar-refractivity contribution < 1.29 is 0 Å². The zero-order valence-electron chi connectivity index (χ0n) is 40.1. The van der Waals surface area contributed by atoms with Crippen LogP contribution in [0.15, 0.2) is 182 Å². The van der Waals surface area contributed by atoms with E-state index in [2.05, 4.69) is 233 Å². The monoisotopic (exact) mass is 863 g/mol. The number of rotatable bonds is 14. The molecule has 0 aliphatic heterocycles. The quantitative estimate of drug-likeness (QED) is 0.107. The second-order valence-corrected chi connectivity index (χ2v) is 19.0. The summed E-state index contributed by atoms with van der Waals surface area (Å²) in [4.78, 5) is 4.84. The summed E-state index contributed by atoms with van der Waals surface area (Å²) in [6.07, 6.45) is 10.6. The molecule has 1 fully saturated rings. The maximum Gasteiger partial charge on any atom is 0.0464 e. The number of hydrogen-bond acceptors (Lipinski definition) is 2. The first-order chi connectivity index (χ1) is 32.2. The Balaban J connectivity index is 1.04. The van der Waals surface area contributed by atoms with Gasteiger partial charge in [0.2, 0.25) is 0 Å². The minimum absolute atomic E-state index is 0.0471. The maximum atomic E-state index is 2.43. The molecule has 0 heterocycles. The van der Waals surface area contributed by atoms with Crippen molar-refractivity contribution in [3.63, 3.8) is 0 Å². The van der Waals surface area contributed by atoms with Crippen molar-refractivity contribution in [2.24, 2.45) is 0 Å². The highest BCUT2D eigenvalue weighted by Crippen LogP contribution is 2.47. The fourth-order valence-electron chi connectivity index (χ4n) is 10.5. The van der Waals surface area contributed by atoms with E-state index in [4.69, 9.17) is 0 Å². The Morgan fingerprint density at radius 1 is 0.364 bits per heavy atom. The van der Waals surface area contributed by atoms with Gasteiger partial charge in [-0.3, -0.25) is 0 Å². The topological polar surface area (TPSA) is 6.48 Å². The van der Waals surface area contributed by atoms with Crippen LogP contribution in [0.3, 0.4) is 0 Å². The molecule has 0 radical (unpaired) electrons. The summed E-state index contributed by atoms with van der Waals surface area (Å²) in [7, 11) is 0. The summed E-state index contributed by atoms with van der Waals surface area (Å²) in [5, 5.41) is 0.